The van der Waals surface area contributed by atoms with Crippen molar-refractivity contribution in [2.45, 2.75) is 25.3 Å². The molecular weight excluding hydrogens is 240 g/mol. The molecule has 2 nitrogen and oxygen atoms in total. The number of nitrogens with two attached hydrogens (primary N) is 1. The number of thioether (sulfide) groups is 1. The maximum Gasteiger partial charge on any atom is 0.0170 e. The van der Waals surface area contributed by atoms with E-state index in [-0.39, 0.29) is 0 Å². The van der Waals surface area contributed by atoms with Crippen LogP contribution in [-0.4, -0.2) is 42.1 Å². The van der Waals surface area contributed by atoms with Crippen molar-refractivity contribution in [3.63, 3.8) is 0 Å². The van der Waals surface area contributed by atoms with Gasteiger partial charge in [0.15, 0.2) is 0 Å². The number of rotatable bonds is 5. The van der Waals surface area contributed by atoms with E-state index in [9.17, 15) is 0 Å². The van der Waals surface area contributed by atoms with Gasteiger partial charge in [-0.2, -0.15) is 11.8 Å². The van der Waals surface area contributed by atoms with E-state index in [1.165, 1.54) is 36.6 Å². The first-order valence-corrected chi connectivity index (χ1v) is 8.09. The smallest absolute Gasteiger partial charge is 0.0170 e. The first kappa shape index (κ1) is 13.9. The van der Waals surface area contributed by atoms with Gasteiger partial charge in [0.2, 0.25) is 0 Å². The van der Waals surface area contributed by atoms with Gasteiger partial charge in [0.05, 0.1) is 0 Å². The minimum atomic E-state index is 0.313. The molecule has 1 aliphatic rings. The van der Waals surface area contributed by atoms with Crippen molar-refractivity contribution in [2.24, 2.45) is 5.73 Å². The van der Waals surface area contributed by atoms with Crippen LogP contribution in [0.25, 0.3) is 0 Å². The highest BCUT2D eigenvalue weighted by atomic mass is 32.2. The second-order valence-electron chi connectivity index (χ2n) is 5.05. The van der Waals surface area contributed by atoms with Crippen molar-refractivity contribution in [3.05, 3.63) is 35.9 Å². The van der Waals surface area contributed by atoms with Crippen molar-refractivity contribution >= 4 is 11.8 Å². The highest BCUT2D eigenvalue weighted by Crippen LogP contribution is 2.11. The van der Waals surface area contributed by atoms with E-state index in [4.69, 9.17) is 5.73 Å². The fraction of sp³-hybridized carbons (Fsp3) is 0.600. The summed E-state index contributed by atoms with van der Waals surface area (Å²) >= 11 is 2.07. The van der Waals surface area contributed by atoms with Crippen molar-refractivity contribution in [1.29, 1.82) is 0 Å². The van der Waals surface area contributed by atoms with Gasteiger partial charge >= 0.3 is 0 Å². The van der Waals surface area contributed by atoms with Crippen LogP contribution in [0.2, 0.25) is 0 Å². The van der Waals surface area contributed by atoms with E-state index >= 15 is 0 Å². The fourth-order valence-electron chi connectivity index (χ4n) is 2.40. The average molecular weight is 264 g/mol. The molecule has 1 saturated heterocycles. The van der Waals surface area contributed by atoms with Crippen LogP contribution >= 0.6 is 11.8 Å². The molecule has 100 valence electrons. The molecule has 2 N–H and O–H groups in total. The molecular formula is C15H24N2S. The number of aryl methyl sites for hydroxylation is 1. The topological polar surface area (TPSA) is 29.3 Å². The Kier molecular flexibility index (Phi) is 6.05. The van der Waals surface area contributed by atoms with Crippen LogP contribution in [0.5, 0.6) is 0 Å². The van der Waals surface area contributed by atoms with Crippen molar-refractivity contribution in [1.82, 2.24) is 4.90 Å². The standard InChI is InChI=1S/C15H24N2S/c16-15(8-7-14-5-2-1-3-6-14)13-17-9-4-11-18-12-10-17/h1-3,5-6,15H,4,7-13,16H2. The van der Waals surface area contributed by atoms with Gasteiger partial charge in [0.25, 0.3) is 0 Å². The van der Waals surface area contributed by atoms with Crippen LogP contribution in [0.1, 0.15) is 18.4 Å². The van der Waals surface area contributed by atoms with E-state index in [2.05, 4.69) is 47.0 Å². The lowest BCUT2D eigenvalue weighted by Crippen LogP contribution is -2.39. The summed E-state index contributed by atoms with van der Waals surface area (Å²) in [6, 6.07) is 11.0. The van der Waals surface area contributed by atoms with Gasteiger partial charge in [0, 0.05) is 24.9 Å². The Morgan fingerprint density at radius 2 is 2.00 bits per heavy atom. The van der Waals surface area contributed by atoms with E-state index < -0.39 is 0 Å². The Hall–Kier alpha value is -0.510. The molecule has 2 rings (SSSR count). The zero-order valence-electron chi connectivity index (χ0n) is 11.1. The summed E-state index contributed by atoms with van der Waals surface area (Å²) in [6.45, 7) is 3.50. The Labute approximate surface area is 115 Å². The van der Waals surface area contributed by atoms with E-state index in [0.717, 1.165) is 19.4 Å². The molecule has 3 heteroatoms. The zero-order valence-corrected chi connectivity index (χ0v) is 11.9. The highest BCUT2D eigenvalue weighted by Gasteiger charge is 2.12. The molecule has 1 aliphatic heterocycles. The van der Waals surface area contributed by atoms with Gasteiger partial charge in [-0.05, 0) is 37.1 Å². The molecule has 1 atom stereocenters. The van der Waals surface area contributed by atoms with Crippen LogP contribution in [-0.2, 0) is 6.42 Å². The largest absolute Gasteiger partial charge is 0.327 e. The first-order valence-electron chi connectivity index (χ1n) is 6.94. The Bertz CT molecular complexity index is 321. The fourth-order valence-corrected chi connectivity index (χ4v) is 3.32. The Morgan fingerprint density at radius 1 is 1.17 bits per heavy atom. The lowest BCUT2D eigenvalue weighted by atomic mass is 10.1. The number of hydrogen-bond acceptors (Lipinski definition) is 3. The lowest BCUT2D eigenvalue weighted by Gasteiger charge is -2.23. The van der Waals surface area contributed by atoms with Gasteiger partial charge < -0.3 is 10.6 Å². The summed E-state index contributed by atoms with van der Waals surface area (Å²) < 4.78 is 0. The predicted octanol–water partition coefficient (Wildman–Crippen LogP) is 2.39. The van der Waals surface area contributed by atoms with Gasteiger partial charge in [-0.1, -0.05) is 30.3 Å². The van der Waals surface area contributed by atoms with E-state index in [1.807, 2.05) is 0 Å². The minimum absolute atomic E-state index is 0.313. The summed E-state index contributed by atoms with van der Waals surface area (Å²) in [5.41, 5.74) is 7.66. The van der Waals surface area contributed by atoms with Crippen LogP contribution in [0, 0.1) is 0 Å². The monoisotopic (exact) mass is 264 g/mol. The van der Waals surface area contributed by atoms with Crippen LogP contribution < -0.4 is 5.73 Å². The highest BCUT2D eigenvalue weighted by molar-refractivity contribution is 7.99. The van der Waals surface area contributed by atoms with Crippen LogP contribution in [0.3, 0.4) is 0 Å². The minimum Gasteiger partial charge on any atom is -0.327 e. The van der Waals surface area contributed by atoms with Crippen molar-refractivity contribution in [2.75, 3.05) is 31.1 Å². The molecule has 0 radical (unpaired) electrons. The normalized spacial score (nSPS) is 19.4. The van der Waals surface area contributed by atoms with E-state index in [1.54, 1.807) is 0 Å². The van der Waals surface area contributed by atoms with Gasteiger partial charge in [-0.15, -0.1) is 0 Å². The summed E-state index contributed by atoms with van der Waals surface area (Å²) in [6.07, 6.45) is 3.51. The maximum atomic E-state index is 6.25. The molecule has 0 aromatic heterocycles. The number of benzene rings is 1. The SMILES string of the molecule is NC(CCc1ccccc1)CN1CCCSCC1. The van der Waals surface area contributed by atoms with Crippen LogP contribution in [0.4, 0.5) is 0 Å². The van der Waals surface area contributed by atoms with Gasteiger partial charge in [-0.3, -0.25) is 0 Å². The summed E-state index contributed by atoms with van der Waals surface area (Å²) in [4.78, 5) is 2.54. The van der Waals surface area contributed by atoms with E-state index in [0.29, 0.717) is 6.04 Å². The third-order valence-corrected chi connectivity index (χ3v) is 4.50. The zero-order chi connectivity index (χ0) is 12.6. The quantitative estimate of drug-likeness (QED) is 0.885. The molecule has 0 aliphatic carbocycles. The molecule has 18 heavy (non-hydrogen) atoms. The molecule has 0 saturated carbocycles. The Balaban J connectivity index is 1.69. The molecule has 1 aromatic carbocycles. The predicted molar refractivity (Wildman–Crippen MR) is 81.1 cm³/mol. The number of nitrogens with zero attached hydrogens (tertiary/aromatic N) is 1. The molecule has 1 aromatic rings. The summed E-state index contributed by atoms with van der Waals surface area (Å²) in [7, 11) is 0. The average Bonchev–Trinajstić information content (AvgIpc) is 2.66. The molecule has 0 spiro atoms. The molecule has 0 amide bonds. The first-order chi connectivity index (χ1) is 8.84. The number of hydrogen-bond donors (Lipinski definition) is 1. The molecule has 0 bridgehead atoms. The summed E-state index contributed by atoms with van der Waals surface area (Å²) in [5, 5.41) is 0. The summed E-state index contributed by atoms with van der Waals surface area (Å²) in [5.74, 6) is 2.58. The lowest BCUT2D eigenvalue weighted by molar-refractivity contribution is 0.271. The van der Waals surface area contributed by atoms with Crippen LogP contribution in [0.15, 0.2) is 30.3 Å². The molecule has 1 heterocycles. The van der Waals surface area contributed by atoms with Crippen molar-refractivity contribution in [3.8, 4) is 0 Å². The Morgan fingerprint density at radius 3 is 2.83 bits per heavy atom. The second-order valence-corrected chi connectivity index (χ2v) is 6.28. The molecule has 1 unspecified atom stereocenters. The van der Waals surface area contributed by atoms with Gasteiger partial charge in [0.1, 0.15) is 0 Å². The van der Waals surface area contributed by atoms with Crippen molar-refractivity contribution < 1.29 is 0 Å². The van der Waals surface area contributed by atoms with Gasteiger partial charge in [-0.25, -0.2) is 0 Å². The molecule has 1 fully saturated rings. The second kappa shape index (κ2) is 7.82. The third-order valence-electron chi connectivity index (χ3n) is 3.45. The third kappa shape index (κ3) is 5.01. The maximum absolute atomic E-state index is 6.25.